The number of nitrogens with one attached hydrogen (secondary N) is 1. The first-order chi connectivity index (χ1) is 9.16. The highest BCUT2D eigenvalue weighted by atomic mass is 16.5. The largest absolute Gasteiger partial charge is 0.506 e. The molecule has 2 rings (SSSR count). The number of amides is 1. The Labute approximate surface area is 111 Å². The van der Waals surface area contributed by atoms with Crippen LogP contribution in [-0.4, -0.2) is 17.1 Å². The van der Waals surface area contributed by atoms with E-state index in [1.165, 1.54) is 6.07 Å². The standard InChI is InChI=1S/C15H15NO3/c1-11(19-12-7-3-2-4-8-12)15(18)16-13-9-5-6-10-14(13)17/h2-11,17H,1H3,(H,16,18)/t11-/m0/s1. The molecule has 4 nitrogen and oxygen atoms in total. The van der Waals surface area contributed by atoms with E-state index in [0.29, 0.717) is 11.4 Å². The Hall–Kier alpha value is -2.49. The third kappa shape index (κ3) is 3.48. The van der Waals surface area contributed by atoms with E-state index in [9.17, 15) is 9.90 Å². The molecule has 0 aliphatic rings. The van der Waals surface area contributed by atoms with Gasteiger partial charge in [-0.05, 0) is 31.2 Å². The molecule has 0 spiro atoms. The lowest BCUT2D eigenvalue weighted by molar-refractivity contribution is -0.122. The van der Waals surface area contributed by atoms with Crippen LogP contribution in [0.2, 0.25) is 0 Å². The van der Waals surface area contributed by atoms with Crippen molar-refractivity contribution < 1.29 is 14.6 Å². The Morgan fingerprint density at radius 1 is 1.11 bits per heavy atom. The van der Waals surface area contributed by atoms with Gasteiger partial charge in [0, 0.05) is 0 Å². The molecule has 19 heavy (non-hydrogen) atoms. The zero-order chi connectivity index (χ0) is 13.7. The van der Waals surface area contributed by atoms with Crippen molar-refractivity contribution in [2.45, 2.75) is 13.0 Å². The van der Waals surface area contributed by atoms with Gasteiger partial charge in [-0.3, -0.25) is 4.79 Å². The lowest BCUT2D eigenvalue weighted by atomic mass is 10.2. The maximum atomic E-state index is 11.9. The zero-order valence-corrected chi connectivity index (χ0v) is 10.5. The maximum Gasteiger partial charge on any atom is 0.265 e. The summed E-state index contributed by atoms with van der Waals surface area (Å²) in [5.74, 6) is 0.343. The first kappa shape index (κ1) is 13.0. The number of aromatic hydroxyl groups is 1. The Morgan fingerprint density at radius 2 is 1.74 bits per heavy atom. The highest BCUT2D eigenvalue weighted by Crippen LogP contribution is 2.22. The van der Waals surface area contributed by atoms with Gasteiger partial charge in [0.1, 0.15) is 11.5 Å². The minimum absolute atomic E-state index is 0.0303. The monoisotopic (exact) mass is 257 g/mol. The number of phenolic OH excluding ortho intramolecular Hbond substituents is 1. The molecule has 0 bridgehead atoms. The number of rotatable bonds is 4. The molecule has 0 fully saturated rings. The molecular weight excluding hydrogens is 242 g/mol. The van der Waals surface area contributed by atoms with Crippen LogP contribution in [0.4, 0.5) is 5.69 Å². The SMILES string of the molecule is C[C@H](Oc1ccccc1)C(=O)Nc1ccccc1O. The van der Waals surface area contributed by atoms with Crippen LogP contribution in [0.25, 0.3) is 0 Å². The summed E-state index contributed by atoms with van der Waals surface area (Å²) in [7, 11) is 0. The maximum absolute atomic E-state index is 11.9. The van der Waals surface area contributed by atoms with Crippen LogP contribution in [0, 0.1) is 0 Å². The van der Waals surface area contributed by atoms with Gasteiger partial charge in [0.2, 0.25) is 0 Å². The predicted octanol–water partition coefficient (Wildman–Crippen LogP) is 2.80. The van der Waals surface area contributed by atoms with E-state index in [2.05, 4.69) is 5.32 Å². The zero-order valence-electron chi connectivity index (χ0n) is 10.5. The van der Waals surface area contributed by atoms with Gasteiger partial charge in [0.15, 0.2) is 6.10 Å². The number of para-hydroxylation sites is 3. The third-order valence-corrected chi connectivity index (χ3v) is 2.59. The topological polar surface area (TPSA) is 58.6 Å². The molecule has 0 saturated heterocycles. The van der Waals surface area contributed by atoms with Gasteiger partial charge in [-0.25, -0.2) is 0 Å². The lowest BCUT2D eigenvalue weighted by Gasteiger charge is -2.15. The van der Waals surface area contributed by atoms with Crippen molar-refractivity contribution in [3.8, 4) is 11.5 Å². The fourth-order valence-corrected chi connectivity index (χ4v) is 1.57. The summed E-state index contributed by atoms with van der Waals surface area (Å²) in [6, 6.07) is 15.7. The molecular formula is C15H15NO3. The van der Waals surface area contributed by atoms with Gasteiger partial charge in [-0.2, -0.15) is 0 Å². The van der Waals surface area contributed by atoms with Crippen LogP contribution >= 0.6 is 0 Å². The van der Waals surface area contributed by atoms with Crippen LogP contribution in [0.5, 0.6) is 11.5 Å². The molecule has 0 aliphatic heterocycles. The molecule has 2 aromatic carbocycles. The minimum atomic E-state index is -0.651. The Morgan fingerprint density at radius 3 is 2.42 bits per heavy atom. The molecule has 2 aromatic rings. The number of hydrogen-bond donors (Lipinski definition) is 2. The summed E-state index contributed by atoms with van der Waals surface area (Å²) < 4.78 is 5.49. The molecule has 0 aromatic heterocycles. The average molecular weight is 257 g/mol. The van der Waals surface area contributed by atoms with Crippen molar-refractivity contribution in [1.29, 1.82) is 0 Å². The molecule has 1 atom stereocenters. The van der Waals surface area contributed by atoms with Gasteiger partial charge >= 0.3 is 0 Å². The summed E-state index contributed by atoms with van der Waals surface area (Å²) in [4.78, 5) is 11.9. The summed E-state index contributed by atoms with van der Waals surface area (Å²) in [5, 5.41) is 12.2. The molecule has 0 radical (unpaired) electrons. The van der Waals surface area contributed by atoms with E-state index in [-0.39, 0.29) is 11.7 Å². The smallest absolute Gasteiger partial charge is 0.265 e. The summed E-state index contributed by atoms with van der Waals surface area (Å²) in [5.41, 5.74) is 0.371. The second kappa shape index (κ2) is 5.91. The van der Waals surface area contributed by atoms with Crippen molar-refractivity contribution in [1.82, 2.24) is 0 Å². The quantitative estimate of drug-likeness (QED) is 0.828. The van der Waals surface area contributed by atoms with Crippen LogP contribution in [0.1, 0.15) is 6.92 Å². The fraction of sp³-hybridized carbons (Fsp3) is 0.133. The van der Waals surface area contributed by atoms with Crippen LogP contribution in [0.15, 0.2) is 54.6 Å². The van der Waals surface area contributed by atoms with Gasteiger partial charge in [-0.1, -0.05) is 30.3 Å². The lowest BCUT2D eigenvalue weighted by Crippen LogP contribution is -2.30. The molecule has 0 aliphatic carbocycles. The molecule has 2 N–H and O–H groups in total. The van der Waals surface area contributed by atoms with E-state index in [1.807, 2.05) is 18.2 Å². The molecule has 0 unspecified atom stereocenters. The summed E-state index contributed by atoms with van der Waals surface area (Å²) >= 11 is 0. The van der Waals surface area contributed by atoms with Crippen molar-refractivity contribution in [2.24, 2.45) is 0 Å². The second-order valence-corrected chi connectivity index (χ2v) is 4.08. The van der Waals surface area contributed by atoms with Crippen molar-refractivity contribution in [3.05, 3.63) is 54.6 Å². The van der Waals surface area contributed by atoms with E-state index in [0.717, 1.165) is 0 Å². The molecule has 1 amide bonds. The number of carbonyl (C=O) groups excluding carboxylic acids is 1. The second-order valence-electron chi connectivity index (χ2n) is 4.08. The summed E-state index contributed by atoms with van der Waals surface area (Å²) in [6.07, 6.45) is -0.651. The van der Waals surface area contributed by atoms with E-state index in [1.54, 1.807) is 37.3 Å². The Kier molecular flexibility index (Phi) is 4.03. The molecule has 98 valence electrons. The van der Waals surface area contributed by atoms with E-state index < -0.39 is 6.10 Å². The highest BCUT2D eigenvalue weighted by molar-refractivity contribution is 5.95. The van der Waals surface area contributed by atoms with Gasteiger partial charge in [0.05, 0.1) is 5.69 Å². The average Bonchev–Trinajstić information content (AvgIpc) is 2.42. The van der Waals surface area contributed by atoms with Crippen LogP contribution < -0.4 is 10.1 Å². The predicted molar refractivity (Wildman–Crippen MR) is 73.3 cm³/mol. The van der Waals surface area contributed by atoms with E-state index in [4.69, 9.17) is 4.74 Å². The molecule has 0 heterocycles. The van der Waals surface area contributed by atoms with E-state index >= 15 is 0 Å². The Bertz CT molecular complexity index is 554. The van der Waals surface area contributed by atoms with Crippen LogP contribution in [-0.2, 0) is 4.79 Å². The third-order valence-electron chi connectivity index (χ3n) is 2.59. The summed E-state index contributed by atoms with van der Waals surface area (Å²) in [6.45, 7) is 1.66. The number of carbonyl (C=O) groups is 1. The molecule has 4 heteroatoms. The first-order valence-electron chi connectivity index (χ1n) is 5.97. The van der Waals surface area contributed by atoms with Crippen LogP contribution in [0.3, 0.4) is 0 Å². The van der Waals surface area contributed by atoms with Gasteiger partial charge in [-0.15, -0.1) is 0 Å². The van der Waals surface area contributed by atoms with Crippen molar-refractivity contribution in [2.75, 3.05) is 5.32 Å². The molecule has 0 saturated carbocycles. The van der Waals surface area contributed by atoms with Gasteiger partial charge < -0.3 is 15.2 Å². The number of anilines is 1. The Balaban J connectivity index is 1.99. The first-order valence-corrected chi connectivity index (χ1v) is 5.97. The number of hydrogen-bond acceptors (Lipinski definition) is 3. The number of ether oxygens (including phenoxy) is 1. The minimum Gasteiger partial charge on any atom is -0.506 e. The van der Waals surface area contributed by atoms with Crippen molar-refractivity contribution in [3.63, 3.8) is 0 Å². The fourth-order valence-electron chi connectivity index (χ4n) is 1.57. The van der Waals surface area contributed by atoms with Crippen molar-refractivity contribution >= 4 is 11.6 Å². The number of benzene rings is 2. The number of phenols is 1. The normalized spacial score (nSPS) is 11.6. The van der Waals surface area contributed by atoms with Gasteiger partial charge in [0.25, 0.3) is 5.91 Å². The highest BCUT2D eigenvalue weighted by Gasteiger charge is 2.15.